The Bertz CT molecular complexity index is 1020. The van der Waals surface area contributed by atoms with E-state index >= 15 is 4.39 Å². The molecular weight excluding hydrogens is 420 g/mol. The zero-order valence-electron chi connectivity index (χ0n) is 19.3. The molecule has 1 fully saturated rings. The number of aromatic nitrogens is 3. The molecule has 172 valence electrons. The van der Waals surface area contributed by atoms with Gasteiger partial charge in [-0.2, -0.15) is 0 Å². The fraction of sp³-hybridized carbons (Fsp3) is 0.476. The zero-order valence-corrected chi connectivity index (χ0v) is 19.3. The lowest BCUT2D eigenvalue weighted by atomic mass is 9.82. The number of hydrogen-bond donors (Lipinski definition) is 0. The van der Waals surface area contributed by atoms with Crippen molar-refractivity contribution in [3.63, 3.8) is 0 Å². The summed E-state index contributed by atoms with van der Waals surface area (Å²) in [4.78, 5) is 11.7. The molecule has 0 amide bonds. The van der Waals surface area contributed by atoms with Gasteiger partial charge in [0.2, 0.25) is 0 Å². The highest BCUT2D eigenvalue weighted by atomic mass is 19.1. The highest BCUT2D eigenvalue weighted by Crippen LogP contribution is 2.41. The second-order valence-electron chi connectivity index (χ2n) is 8.28. The summed E-state index contributed by atoms with van der Waals surface area (Å²) in [5, 5.41) is 7.70. The van der Waals surface area contributed by atoms with Crippen molar-refractivity contribution in [2.24, 2.45) is 0 Å². The van der Waals surface area contributed by atoms with Crippen LogP contribution in [0.4, 0.5) is 4.39 Å². The van der Waals surface area contributed by atoms with Crippen LogP contribution < -0.4 is 9.47 Å². The van der Waals surface area contributed by atoms with Gasteiger partial charge in [0.1, 0.15) is 5.73 Å². The largest absolute Gasteiger partial charge is 0.525 e. The van der Waals surface area contributed by atoms with Gasteiger partial charge in [0, 0.05) is 5.57 Å². The van der Waals surface area contributed by atoms with Crippen molar-refractivity contribution in [2.45, 2.75) is 45.4 Å². The molecule has 0 N–H and O–H groups in total. The third kappa shape index (κ3) is 4.49. The Morgan fingerprint density at radius 3 is 2.28 bits per heavy atom. The van der Waals surface area contributed by atoms with Gasteiger partial charge in [-0.25, -0.2) is 13.9 Å². The maximum Gasteiger partial charge on any atom is 0.525 e. The monoisotopic (exact) mass is 447 g/mol. The first-order chi connectivity index (χ1) is 15.0. The molecule has 2 heterocycles. The average molecular weight is 447 g/mol. The van der Waals surface area contributed by atoms with Crippen LogP contribution in [0, 0.1) is 0 Å². The zero-order chi connectivity index (χ0) is 23.7. The number of rotatable bonds is 7. The van der Waals surface area contributed by atoms with Crippen LogP contribution in [0.25, 0.3) is 5.57 Å². The van der Waals surface area contributed by atoms with Gasteiger partial charge in [-0.3, -0.25) is 0 Å². The Hall–Kier alpha value is -2.92. The van der Waals surface area contributed by atoms with E-state index in [0.717, 1.165) is 0 Å². The summed E-state index contributed by atoms with van der Waals surface area (Å²) in [5.41, 5.74) is -1.32. The van der Waals surface area contributed by atoms with E-state index in [9.17, 15) is 4.79 Å². The third-order valence-electron chi connectivity index (χ3n) is 5.73. The third-order valence-corrected chi connectivity index (χ3v) is 5.73. The minimum absolute atomic E-state index is 0.00945. The molecule has 1 aromatic heterocycles. The first kappa shape index (κ1) is 23.7. The van der Waals surface area contributed by atoms with Gasteiger partial charge in [0.15, 0.2) is 17.2 Å². The molecule has 11 heteroatoms. The molecule has 0 atom stereocenters. The van der Waals surface area contributed by atoms with Gasteiger partial charge in [-0.05, 0) is 45.4 Å². The summed E-state index contributed by atoms with van der Waals surface area (Å²) >= 11 is 0. The highest BCUT2D eigenvalue weighted by Gasteiger charge is 2.53. The van der Waals surface area contributed by atoms with Crippen LogP contribution in [0.3, 0.4) is 0 Å². The van der Waals surface area contributed by atoms with Crippen LogP contribution in [0.1, 0.15) is 43.7 Å². The molecule has 1 aromatic carbocycles. The Labute approximate surface area is 186 Å². The minimum Gasteiger partial charge on any atom is -0.493 e. The molecule has 0 bridgehead atoms. The van der Waals surface area contributed by atoms with Gasteiger partial charge < -0.3 is 23.5 Å². The number of esters is 1. The maximum atomic E-state index is 15.9. The predicted octanol–water partition coefficient (Wildman–Crippen LogP) is 3.09. The smallest absolute Gasteiger partial charge is 0.493 e. The summed E-state index contributed by atoms with van der Waals surface area (Å²) in [6.07, 6.45) is 1.38. The van der Waals surface area contributed by atoms with Crippen LogP contribution in [-0.4, -0.2) is 60.6 Å². The van der Waals surface area contributed by atoms with Gasteiger partial charge >= 0.3 is 13.1 Å². The number of carbonyl (C=O) groups excluding carboxylic acids is 1. The number of halogens is 1. The van der Waals surface area contributed by atoms with E-state index < -0.39 is 30.0 Å². The molecule has 32 heavy (non-hydrogen) atoms. The summed E-state index contributed by atoms with van der Waals surface area (Å²) in [5.74, 6) is 0.290. The van der Waals surface area contributed by atoms with Crippen molar-refractivity contribution in [1.29, 1.82) is 0 Å². The van der Waals surface area contributed by atoms with Crippen molar-refractivity contribution < 1.29 is 32.7 Å². The average Bonchev–Trinajstić information content (AvgIpc) is 3.31. The summed E-state index contributed by atoms with van der Waals surface area (Å²) in [6, 6.07) is 5.02. The van der Waals surface area contributed by atoms with Gasteiger partial charge in [-0.1, -0.05) is 11.3 Å². The van der Waals surface area contributed by atoms with E-state index in [2.05, 4.69) is 15.0 Å². The molecule has 0 radical (unpaired) electrons. The summed E-state index contributed by atoms with van der Waals surface area (Å²) in [6.45, 7) is 7.33. The molecule has 0 unspecified atom stereocenters. The van der Waals surface area contributed by atoms with Crippen LogP contribution in [0.2, 0.25) is 0 Å². The lowest BCUT2D eigenvalue weighted by molar-refractivity contribution is 0.00578. The number of nitrogens with zero attached hydrogens (tertiary/aromatic N) is 3. The van der Waals surface area contributed by atoms with E-state index in [1.54, 1.807) is 18.2 Å². The molecule has 0 aliphatic carbocycles. The Balaban J connectivity index is 2.06. The number of hydrogen-bond acceptors (Lipinski definition) is 8. The number of benzene rings is 1. The number of carbonyl (C=O) groups is 1. The molecule has 0 saturated carbocycles. The molecule has 1 saturated heterocycles. The van der Waals surface area contributed by atoms with E-state index in [0.29, 0.717) is 17.1 Å². The van der Waals surface area contributed by atoms with E-state index in [-0.39, 0.29) is 17.8 Å². The van der Waals surface area contributed by atoms with Crippen molar-refractivity contribution in [3.8, 4) is 11.5 Å². The van der Waals surface area contributed by atoms with Crippen molar-refractivity contribution in [1.82, 2.24) is 15.0 Å². The molecule has 2 aromatic rings. The second-order valence-corrected chi connectivity index (χ2v) is 8.28. The predicted molar refractivity (Wildman–Crippen MR) is 115 cm³/mol. The van der Waals surface area contributed by atoms with E-state index in [1.807, 2.05) is 27.7 Å². The maximum absolute atomic E-state index is 15.9. The minimum atomic E-state index is -1.22. The summed E-state index contributed by atoms with van der Waals surface area (Å²) in [7, 11) is 3.04. The SMILES string of the molecule is COC(=O)c1cn(CC(=C(F)B2OC(C)(C)C(C)(C)O2)c2ccc(OC)c(OC)c2)nn1. The first-order valence-electron chi connectivity index (χ1n) is 9.98. The number of methoxy groups -OCH3 is 3. The lowest BCUT2D eigenvalue weighted by Gasteiger charge is -2.32. The molecule has 3 rings (SSSR count). The van der Waals surface area contributed by atoms with Gasteiger partial charge in [0.05, 0.1) is 45.3 Å². The molecular formula is C21H27BFN3O6. The normalized spacial score (nSPS) is 17.7. The van der Waals surface area contributed by atoms with Gasteiger partial charge in [-0.15, -0.1) is 5.10 Å². The van der Waals surface area contributed by atoms with Crippen molar-refractivity contribution >= 4 is 18.7 Å². The van der Waals surface area contributed by atoms with Gasteiger partial charge in [0.25, 0.3) is 0 Å². The quantitative estimate of drug-likeness (QED) is 0.472. The van der Waals surface area contributed by atoms with Crippen LogP contribution in [0.5, 0.6) is 11.5 Å². The molecule has 1 aliphatic rings. The second kappa shape index (κ2) is 8.91. The number of ether oxygens (including phenoxy) is 3. The first-order valence-corrected chi connectivity index (χ1v) is 9.98. The fourth-order valence-electron chi connectivity index (χ4n) is 3.15. The summed E-state index contributed by atoms with van der Waals surface area (Å²) < 4.78 is 44.3. The van der Waals surface area contributed by atoms with Crippen LogP contribution >= 0.6 is 0 Å². The highest BCUT2D eigenvalue weighted by molar-refractivity contribution is 6.55. The lowest BCUT2D eigenvalue weighted by Crippen LogP contribution is -2.41. The molecule has 1 aliphatic heterocycles. The molecule has 9 nitrogen and oxygen atoms in total. The fourth-order valence-corrected chi connectivity index (χ4v) is 3.15. The van der Waals surface area contributed by atoms with E-state index in [1.165, 1.54) is 32.2 Å². The van der Waals surface area contributed by atoms with Crippen LogP contribution in [-0.2, 0) is 20.6 Å². The molecule has 0 spiro atoms. The van der Waals surface area contributed by atoms with E-state index in [4.69, 9.17) is 18.8 Å². The standard InChI is InChI=1S/C21H27BFN3O6/c1-20(2)21(3,4)32-22(31-20)18(23)14(11-26-12-15(24-25-26)19(27)30-7)13-8-9-16(28-5)17(10-13)29-6/h8-10,12H,11H2,1-7H3. The Kier molecular flexibility index (Phi) is 6.61. The Morgan fingerprint density at radius 1 is 1.09 bits per heavy atom. The van der Waals surface area contributed by atoms with Crippen molar-refractivity contribution in [2.75, 3.05) is 21.3 Å². The topological polar surface area (TPSA) is 93.9 Å². The van der Waals surface area contributed by atoms with Crippen molar-refractivity contribution in [3.05, 3.63) is 41.4 Å². The number of allylic oxidation sites excluding steroid dienone is 1. The van der Waals surface area contributed by atoms with Crippen LogP contribution in [0.15, 0.2) is 30.1 Å². The Morgan fingerprint density at radius 2 is 1.72 bits per heavy atom.